The molecule has 0 radical (unpaired) electrons. The summed E-state index contributed by atoms with van der Waals surface area (Å²) in [7, 11) is 3.73. The zero-order valence-electron chi connectivity index (χ0n) is 15.4. The van der Waals surface area contributed by atoms with Gasteiger partial charge in [-0.1, -0.05) is 13.8 Å². The topological polar surface area (TPSA) is 113 Å². The molecular weight excluding hydrogens is 334 g/mol. The number of fused-ring (bicyclic) bond motifs is 3. The van der Waals surface area contributed by atoms with Crippen LogP contribution in [-0.2, 0) is 0 Å². The Balaban J connectivity index is 2.17. The second kappa shape index (κ2) is 7.46. The van der Waals surface area contributed by atoms with Crippen molar-refractivity contribution in [2.24, 2.45) is 0 Å². The first-order valence-electron chi connectivity index (χ1n) is 8.68. The van der Waals surface area contributed by atoms with Crippen molar-refractivity contribution in [3.05, 3.63) is 11.8 Å². The quantitative estimate of drug-likeness (QED) is 0.646. The molecule has 2 N–H and O–H groups in total. The van der Waals surface area contributed by atoms with Crippen molar-refractivity contribution in [2.75, 3.05) is 37.4 Å². The fraction of sp³-hybridized carbons (Fsp3) is 0.500. The molecule has 0 saturated heterocycles. The Hall–Kier alpha value is -3.04. The van der Waals surface area contributed by atoms with E-state index in [1.165, 1.54) is 10.7 Å². The van der Waals surface area contributed by atoms with E-state index >= 15 is 0 Å². The minimum Gasteiger partial charge on any atom is -0.368 e. The van der Waals surface area contributed by atoms with Crippen LogP contribution in [0.2, 0.25) is 0 Å². The predicted octanol–water partition coefficient (Wildman–Crippen LogP) is 1.10. The highest BCUT2D eigenvalue weighted by molar-refractivity contribution is 6.00. The lowest BCUT2D eigenvalue weighted by atomic mass is 10.3. The van der Waals surface area contributed by atoms with Crippen molar-refractivity contribution < 1.29 is 4.79 Å². The number of nitrogens with one attached hydrogen (secondary N) is 2. The van der Waals surface area contributed by atoms with Crippen LogP contribution in [-0.4, -0.2) is 62.9 Å². The molecule has 1 amide bonds. The lowest BCUT2D eigenvalue weighted by molar-refractivity contribution is 0.0955. The van der Waals surface area contributed by atoms with Gasteiger partial charge in [0.2, 0.25) is 5.95 Å². The van der Waals surface area contributed by atoms with Crippen molar-refractivity contribution in [2.45, 2.75) is 26.7 Å². The molecule has 3 aromatic rings. The third-order valence-corrected chi connectivity index (χ3v) is 3.77. The standard InChI is InChI=1S/C16H23N9O/c1-5-7-17-12-11-14(21-16(20-12)24(3)4)25-13(23-22-11)10(9-19-25)15(26)18-8-6-2/h9H,5-8H2,1-4H3,(H,18,26)(H,17,20,21). The molecule has 0 aromatic carbocycles. The van der Waals surface area contributed by atoms with Gasteiger partial charge in [-0.2, -0.15) is 19.6 Å². The number of rotatable bonds is 7. The molecule has 0 aliphatic rings. The Morgan fingerprint density at radius 1 is 1.12 bits per heavy atom. The number of hydrogen-bond donors (Lipinski definition) is 2. The lowest BCUT2D eigenvalue weighted by Gasteiger charge is -2.14. The average molecular weight is 357 g/mol. The number of hydrogen-bond acceptors (Lipinski definition) is 8. The molecule has 0 unspecified atom stereocenters. The Morgan fingerprint density at radius 2 is 1.88 bits per heavy atom. The average Bonchev–Trinajstić information content (AvgIpc) is 3.08. The van der Waals surface area contributed by atoms with Gasteiger partial charge in [0.25, 0.3) is 5.91 Å². The van der Waals surface area contributed by atoms with Crippen LogP contribution in [0.4, 0.5) is 11.8 Å². The van der Waals surface area contributed by atoms with E-state index in [0.29, 0.717) is 40.7 Å². The normalized spacial score (nSPS) is 11.1. The van der Waals surface area contributed by atoms with E-state index in [9.17, 15) is 4.79 Å². The van der Waals surface area contributed by atoms with Crippen LogP contribution in [0.3, 0.4) is 0 Å². The summed E-state index contributed by atoms with van der Waals surface area (Å²) in [6, 6.07) is 0. The monoisotopic (exact) mass is 357 g/mol. The van der Waals surface area contributed by atoms with E-state index in [1.54, 1.807) is 4.90 Å². The molecule has 3 aromatic heterocycles. The van der Waals surface area contributed by atoms with Gasteiger partial charge in [0.15, 0.2) is 22.6 Å². The van der Waals surface area contributed by atoms with Gasteiger partial charge in [-0.3, -0.25) is 4.79 Å². The Bertz CT molecular complexity index is 934. The summed E-state index contributed by atoms with van der Waals surface area (Å²) < 4.78 is 1.54. The molecule has 3 heterocycles. The Labute approximate surface area is 151 Å². The molecule has 0 aliphatic carbocycles. The molecule has 0 bridgehead atoms. The first-order chi connectivity index (χ1) is 12.6. The minimum atomic E-state index is -0.221. The Kier molecular flexibility index (Phi) is 5.10. The number of nitrogens with zero attached hydrogens (tertiary/aromatic N) is 7. The number of anilines is 2. The van der Waals surface area contributed by atoms with Gasteiger partial charge >= 0.3 is 0 Å². The molecule has 0 spiro atoms. The number of carbonyl (C=O) groups excluding carboxylic acids is 1. The summed E-state index contributed by atoms with van der Waals surface area (Å²) in [6.07, 6.45) is 3.29. The zero-order valence-corrected chi connectivity index (χ0v) is 15.4. The molecule has 0 aliphatic heterocycles. The second-order valence-electron chi connectivity index (χ2n) is 6.12. The summed E-state index contributed by atoms with van der Waals surface area (Å²) in [6.45, 7) is 5.41. The molecule has 26 heavy (non-hydrogen) atoms. The maximum atomic E-state index is 12.3. The highest BCUT2D eigenvalue weighted by Gasteiger charge is 2.19. The molecule has 0 saturated carbocycles. The molecule has 3 rings (SSSR count). The highest BCUT2D eigenvalue weighted by atomic mass is 16.1. The molecule has 0 atom stereocenters. The minimum absolute atomic E-state index is 0.221. The highest BCUT2D eigenvalue weighted by Crippen LogP contribution is 2.22. The number of carbonyl (C=O) groups is 1. The maximum absolute atomic E-state index is 12.3. The number of aromatic nitrogens is 6. The van der Waals surface area contributed by atoms with Crippen LogP contribution in [0, 0.1) is 0 Å². The van der Waals surface area contributed by atoms with E-state index in [2.05, 4.69) is 42.8 Å². The second-order valence-corrected chi connectivity index (χ2v) is 6.12. The SMILES string of the molecule is CCCNC(=O)c1cnn2c1nnc1c(NCCC)nc(N(C)C)nc12. The van der Waals surface area contributed by atoms with Crippen molar-refractivity contribution in [3.63, 3.8) is 0 Å². The molecule has 138 valence electrons. The summed E-state index contributed by atoms with van der Waals surface area (Å²) >= 11 is 0. The van der Waals surface area contributed by atoms with E-state index in [-0.39, 0.29) is 5.91 Å². The van der Waals surface area contributed by atoms with E-state index in [4.69, 9.17) is 0 Å². The third kappa shape index (κ3) is 3.22. The predicted molar refractivity (Wildman–Crippen MR) is 99.6 cm³/mol. The van der Waals surface area contributed by atoms with Gasteiger partial charge < -0.3 is 15.5 Å². The van der Waals surface area contributed by atoms with Gasteiger partial charge in [-0.25, -0.2) is 0 Å². The lowest BCUT2D eigenvalue weighted by Crippen LogP contribution is -2.24. The molecule has 0 fully saturated rings. The largest absolute Gasteiger partial charge is 0.368 e. The van der Waals surface area contributed by atoms with Crippen LogP contribution in [0.15, 0.2) is 6.20 Å². The summed E-state index contributed by atoms with van der Waals surface area (Å²) in [5.41, 5.74) is 1.76. The maximum Gasteiger partial charge on any atom is 0.256 e. The van der Waals surface area contributed by atoms with Crippen LogP contribution < -0.4 is 15.5 Å². The van der Waals surface area contributed by atoms with E-state index in [0.717, 1.165) is 19.4 Å². The molecule has 10 heteroatoms. The summed E-state index contributed by atoms with van der Waals surface area (Å²) in [4.78, 5) is 23.2. The van der Waals surface area contributed by atoms with Crippen molar-refractivity contribution in [1.82, 2.24) is 35.1 Å². The van der Waals surface area contributed by atoms with Crippen LogP contribution in [0.25, 0.3) is 16.8 Å². The van der Waals surface area contributed by atoms with Gasteiger partial charge in [-0.05, 0) is 12.8 Å². The van der Waals surface area contributed by atoms with Gasteiger partial charge in [-0.15, -0.1) is 10.2 Å². The smallest absolute Gasteiger partial charge is 0.256 e. The van der Waals surface area contributed by atoms with Crippen LogP contribution in [0.1, 0.15) is 37.0 Å². The van der Waals surface area contributed by atoms with Gasteiger partial charge in [0.05, 0.1) is 6.20 Å². The van der Waals surface area contributed by atoms with Crippen molar-refractivity contribution in [1.29, 1.82) is 0 Å². The third-order valence-electron chi connectivity index (χ3n) is 3.77. The fourth-order valence-electron chi connectivity index (χ4n) is 2.42. The number of amides is 1. The van der Waals surface area contributed by atoms with Crippen LogP contribution in [0.5, 0.6) is 0 Å². The van der Waals surface area contributed by atoms with E-state index < -0.39 is 0 Å². The molecular formula is C16H23N9O. The first kappa shape index (κ1) is 17.8. The van der Waals surface area contributed by atoms with Crippen molar-refractivity contribution >= 4 is 34.5 Å². The zero-order chi connectivity index (χ0) is 18.7. The van der Waals surface area contributed by atoms with Crippen molar-refractivity contribution in [3.8, 4) is 0 Å². The van der Waals surface area contributed by atoms with Gasteiger partial charge in [0, 0.05) is 27.2 Å². The van der Waals surface area contributed by atoms with E-state index in [1.807, 2.05) is 21.0 Å². The van der Waals surface area contributed by atoms with Gasteiger partial charge in [0.1, 0.15) is 5.56 Å². The van der Waals surface area contributed by atoms with Crippen LogP contribution >= 0.6 is 0 Å². The first-order valence-corrected chi connectivity index (χ1v) is 8.68. The summed E-state index contributed by atoms with van der Waals surface area (Å²) in [5.74, 6) is 0.905. The Morgan fingerprint density at radius 3 is 2.58 bits per heavy atom. The summed E-state index contributed by atoms with van der Waals surface area (Å²) in [5, 5.41) is 18.9. The fourth-order valence-corrected chi connectivity index (χ4v) is 2.42. The molecule has 10 nitrogen and oxygen atoms in total.